The summed E-state index contributed by atoms with van der Waals surface area (Å²) in [7, 11) is 0. The number of hydrogen-bond donors (Lipinski definition) is 2. The summed E-state index contributed by atoms with van der Waals surface area (Å²) < 4.78 is 0. The molecule has 4 nitrogen and oxygen atoms in total. The van der Waals surface area contributed by atoms with Crippen molar-refractivity contribution in [3.05, 3.63) is 54.6 Å². The number of likely N-dealkylation sites (tertiary alicyclic amines) is 1. The van der Waals surface area contributed by atoms with E-state index in [0.717, 1.165) is 36.2 Å². The lowest BCUT2D eigenvalue weighted by Crippen LogP contribution is -2.45. The van der Waals surface area contributed by atoms with E-state index in [2.05, 4.69) is 17.4 Å². The summed E-state index contributed by atoms with van der Waals surface area (Å²) in [5.41, 5.74) is 3.09. The second-order valence-corrected chi connectivity index (χ2v) is 7.66. The molecule has 4 heteroatoms. The highest BCUT2D eigenvalue weighted by Gasteiger charge is 2.59. The van der Waals surface area contributed by atoms with Crippen LogP contribution in [0.5, 0.6) is 0 Å². The van der Waals surface area contributed by atoms with Gasteiger partial charge in [-0.15, -0.1) is 0 Å². The highest BCUT2D eigenvalue weighted by atomic mass is 16.3. The van der Waals surface area contributed by atoms with Crippen molar-refractivity contribution in [2.24, 2.45) is 17.8 Å². The van der Waals surface area contributed by atoms with Crippen LogP contribution in [0.2, 0.25) is 0 Å². The molecule has 3 aliphatic rings. The predicted octanol–water partition coefficient (Wildman–Crippen LogP) is 3.59. The van der Waals surface area contributed by atoms with Gasteiger partial charge in [0.2, 0.25) is 0 Å². The number of benzene rings is 2. The molecule has 3 fully saturated rings. The van der Waals surface area contributed by atoms with Crippen molar-refractivity contribution in [2.75, 3.05) is 11.9 Å². The molecule has 1 aliphatic heterocycles. The number of carbonyl (C=O) groups is 1. The number of amides is 2. The molecule has 2 aromatic carbocycles. The van der Waals surface area contributed by atoms with Crippen LogP contribution in [-0.2, 0) is 0 Å². The van der Waals surface area contributed by atoms with E-state index in [1.165, 1.54) is 0 Å². The van der Waals surface area contributed by atoms with Gasteiger partial charge in [0.15, 0.2) is 0 Å². The highest BCUT2D eigenvalue weighted by molar-refractivity contribution is 5.90. The van der Waals surface area contributed by atoms with Crippen molar-refractivity contribution >= 4 is 11.7 Å². The van der Waals surface area contributed by atoms with Gasteiger partial charge in [-0.1, -0.05) is 42.5 Å². The first-order valence-electron chi connectivity index (χ1n) is 9.12. The van der Waals surface area contributed by atoms with Gasteiger partial charge in [-0.3, -0.25) is 0 Å². The number of aliphatic hydroxyl groups excluding tert-OH is 1. The summed E-state index contributed by atoms with van der Waals surface area (Å²) in [6.45, 7) is 0.789. The van der Waals surface area contributed by atoms with Gasteiger partial charge in [-0.25, -0.2) is 4.79 Å². The van der Waals surface area contributed by atoms with Crippen molar-refractivity contribution in [1.82, 2.24) is 4.90 Å². The lowest BCUT2D eigenvalue weighted by Gasteiger charge is -2.28. The zero-order valence-corrected chi connectivity index (χ0v) is 14.0. The van der Waals surface area contributed by atoms with Gasteiger partial charge in [0.25, 0.3) is 0 Å². The quantitative estimate of drug-likeness (QED) is 0.882. The Labute approximate surface area is 147 Å². The zero-order valence-electron chi connectivity index (χ0n) is 14.0. The molecule has 1 saturated heterocycles. The molecule has 2 bridgehead atoms. The van der Waals surface area contributed by atoms with Crippen molar-refractivity contribution in [3.63, 3.8) is 0 Å². The Hall–Kier alpha value is -2.33. The van der Waals surface area contributed by atoms with E-state index in [0.29, 0.717) is 17.8 Å². The number of fused-ring (bicyclic) bond motifs is 1. The van der Waals surface area contributed by atoms with Crippen LogP contribution < -0.4 is 5.32 Å². The lowest BCUT2D eigenvalue weighted by atomic mass is 9.88. The van der Waals surface area contributed by atoms with Crippen LogP contribution in [0.25, 0.3) is 11.1 Å². The topological polar surface area (TPSA) is 52.6 Å². The molecule has 0 unspecified atom stereocenters. The fourth-order valence-corrected chi connectivity index (χ4v) is 5.22. The van der Waals surface area contributed by atoms with Crippen LogP contribution in [-0.4, -0.2) is 34.7 Å². The monoisotopic (exact) mass is 334 g/mol. The lowest BCUT2D eigenvalue weighted by molar-refractivity contribution is 0.0631. The first kappa shape index (κ1) is 15.0. The van der Waals surface area contributed by atoms with Crippen LogP contribution in [0.4, 0.5) is 10.5 Å². The molecular formula is C21H22N2O2. The second kappa shape index (κ2) is 5.60. The van der Waals surface area contributed by atoms with E-state index in [4.69, 9.17) is 0 Å². The number of anilines is 1. The molecule has 25 heavy (non-hydrogen) atoms. The molecule has 2 N–H and O–H groups in total. The minimum atomic E-state index is -0.338. The van der Waals surface area contributed by atoms with Gasteiger partial charge in [0.05, 0.1) is 12.1 Å². The number of hydrogen-bond acceptors (Lipinski definition) is 2. The number of rotatable bonds is 2. The maximum atomic E-state index is 12.7. The van der Waals surface area contributed by atoms with Crippen LogP contribution in [0.15, 0.2) is 54.6 Å². The Balaban J connectivity index is 1.30. The smallest absolute Gasteiger partial charge is 0.322 e. The standard InChI is InChI=1S/C21H22N2O2/c24-20-15-10-16-12-23(19(20)18(16)11-15)21(25)22-17-8-6-14(7-9-17)13-4-2-1-3-5-13/h1-9,15-16,18-20,24H,10-12H2,(H,22,25)/t15-,16-,18+,19+,20-/m0/s1. The van der Waals surface area contributed by atoms with E-state index in [1.807, 2.05) is 47.4 Å². The van der Waals surface area contributed by atoms with Gasteiger partial charge < -0.3 is 15.3 Å². The number of aliphatic hydroxyl groups is 1. The molecule has 0 aromatic heterocycles. The molecule has 5 atom stereocenters. The van der Waals surface area contributed by atoms with Crippen LogP contribution in [0, 0.1) is 17.8 Å². The van der Waals surface area contributed by atoms with Gasteiger partial charge in [0, 0.05) is 12.2 Å². The van der Waals surface area contributed by atoms with E-state index in [1.54, 1.807) is 0 Å². The minimum Gasteiger partial charge on any atom is -0.391 e. The van der Waals surface area contributed by atoms with Gasteiger partial charge in [-0.2, -0.15) is 0 Å². The van der Waals surface area contributed by atoms with Crippen molar-refractivity contribution in [3.8, 4) is 11.1 Å². The Bertz CT molecular complexity index is 787. The molecule has 2 amide bonds. The number of urea groups is 1. The Morgan fingerprint density at radius 2 is 1.68 bits per heavy atom. The molecule has 1 heterocycles. The van der Waals surface area contributed by atoms with Gasteiger partial charge in [0.1, 0.15) is 0 Å². The molecule has 2 aliphatic carbocycles. The summed E-state index contributed by atoms with van der Waals surface area (Å²) in [5, 5.41) is 13.4. The minimum absolute atomic E-state index is 0.0207. The third-order valence-corrected chi connectivity index (χ3v) is 6.35. The third kappa shape index (κ3) is 2.35. The van der Waals surface area contributed by atoms with Crippen molar-refractivity contribution in [1.29, 1.82) is 0 Å². The van der Waals surface area contributed by atoms with E-state index >= 15 is 0 Å². The summed E-state index contributed by atoms with van der Waals surface area (Å²) >= 11 is 0. The fourth-order valence-electron chi connectivity index (χ4n) is 5.22. The SMILES string of the molecule is O=C(Nc1ccc(-c2ccccc2)cc1)N1C[C@@H]2C[C@H]3C[C@H]2[C@@H]1[C@H]3O. The van der Waals surface area contributed by atoms with E-state index in [-0.39, 0.29) is 18.2 Å². The normalized spacial score (nSPS) is 32.2. The Morgan fingerprint density at radius 1 is 0.960 bits per heavy atom. The zero-order chi connectivity index (χ0) is 17.0. The van der Waals surface area contributed by atoms with E-state index in [9.17, 15) is 9.90 Å². The number of carbonyl (C=O) groups excluding carboxylic acids is 1. The largest absolute Gasteiger partial charge is 0.391 e. The van der Waals surface area contributed by atoms with Gasteiger partial charge >= 0.3 is 6.03 Å². The first-order chi connectivity index (χ1) is 12.2. The molecule has 5 rings (SSSR count). The average Bonchev–Trinajstić information content (AvgIpc) is 3.26. The molecule has 0 spiro atoms. The molecule has 2 saturated carbocycles. The molecule has 128 valence electrons. The van der Waals surface area contributed by atoms with Crippen molar-refractivity contribution < 1.29 is 9.90 Å². The van der Waals surface area contributed by atoms with Crippen LogP contribution >= 0.6 is 0 Å². The summed E-state index contributed by atoms with van der Waals surface area (Å²) in [6, 6.07) is 18.1. The van der Waals surface area contributed by atoms with E-state index < -0.39 is 0 Å². The second-order valence-electron chi connectivity index (χ2n) is 7.66. The summed E-state index contributed by atoms with van der Waals surface area (Å²) in [5.74, 6) is 1.50. The number of nitrogens with zero attached hydrogens (tertiary/aromatic N) is 1. The summed E-state index contributed by atoms with van der Waals surface area (Å²) in [6.07, 6.45) is 1.83. The first-order valence-corrected chi connectivity index (χ1v) is 9.12. The molecule has 0 radical (unpaired) electrons. The maximum absolute atomic E-state index is 12.7. The number of nitrogens with one attached hydrogen (secondary N) is 1. The molecule has 2 aromatic rings. The maximum Gasteiger partial charge on any atom is 0.322 e. The molecular weight excluding hydrogens is 312 g/mol. The summed E-state index contributed by atoms with van der Waals surface area (Å²) in [4.78, 5) is 14.6. The average molecular weight is 334 g/mol. The Morgan fingerprint density at radius 3 is 2.40 bits per heavy atom. The predicted molar refractivity (Wildman–Crippen MR) is 97.1 cm³/mol. The van der Waals surface area contributed by atoms with Crippen LogP contribution in [0.3, 0.4) is 0 Å². The third-order valence-electron chi connectivity index (χ3n) is 6.35. The fraction of sp³-hybridized carbons (Fsp3) is 0.381. The van der Waals surface area contributed by atoms with Crippen LogP contribution in [0.1, 0.15) is 12.8 Å². The van der Waals surface area contributed by atoms with Gasteiger partial charge in [-0.05, 0) is 53.9 Å². The Kier molecular flexibility index (Phi) is 3.35. The van der Waals surface area contributed by atoms with Crippen molar-refractivity contribution in [2.45, 2.75) is 25.0 Å². The highest BCUT2D eigenvalue weighted by Crippen LogP contribution is 2.54.